The third-order valence-electron chi connectivity index (χ3n) is 5.32. The van der Waals surface area contributed by atoms with Crippen molar-refractivity contribution in [3.8, 4) is 11.5 Å². The van der Waals surface area contributed by atoms with E-state index in [1.165, 1.54) is 0 Å². The predicted octanol–water partition coefficient (Wildman–Crippen LogP) is 2.20. The molecule has 30 heavy (non-hydrogen) atoms. The number of aliphatic hydroxyl groups excluding tert-OH is 1. The molecule has 0 spiro atoms. The van der Waals surface area contributed by atoms with Crippen LogP contribution in [0.25, 0.3) is 0 Å². The van der Waals surface area contributed by atoms with Gasteiger partial charge in [-0.15, -0.1) is 24.0 Å². The number of guanidine groups is 1. The molecule has 2 saturated heterocycles. The maximum atomic E-state index is 10.8. The van der Waals surface area contributed by atoms with Crippen LogP contribution < -0.4 is 14.8 Å². The van der Waals surface area contributed by atoms with Crippen molar-refractivity contribution in [3.05, 3.63) is 23.8 Å². The van der Waals surface area contributed by atoms with Crippen LogP contribution in [-0.2, 0) is 9.47 Å². The lowest BCUT2D eigenvalue weighted by atomic mass is 10.1. The normalized spacial score (nSPS) is 22.9. The van der Waals surface area contributed by atoms with Gasteiger partial charge in [-0.05, 0) is 38.0 Å². The number of ether oxygens (including phenoxy) is 4. The van der Waals surface area contributed by atoms with Gasteiger partial charge in [0.2, 0.25) is 0 Å². The molecule has 0 radical (unpaired) electrons. The highest BCUT2D eigenvalue weighted by atomic mass is 127. The van der Waals surface area contributed by atoms with Crippen molar-refractivity contribution in [2.75, 3.05) is 53.6 Å². The standard InChI is InChI=1S/C21H33N3O5.HI/c1-4-22-21(24-9-11-29-20(14-24)19-6-5-10-28-19)23-13-17(25)16-12-15(26-2)7-8-18(16)27-3;/h7-8,12,17,19-20,25H,4-6,9-11,13-14H2,1-3H3,(H,22,23);1H. The quantitative estimate of drug-likeness (QED) is 0.315. The summed E-state index contributed by atoms with van der Waals surface area (Å²) in [7, 11) is 3.19. The maximum absolute atomic E-state index is 10.8. The highest BCUT2D eigenvalue weighted by Crippen LogP contribution is 2.29. The number of rotatable bonds is 7. The molecule has 8 nitrogen and oxygen atoms in total. The Morgan fingerprint density at radius 2 is 2.07 bits per heavy atom. The van der Waals surface area contributed by atoms with Crippen molar-refractivity contribution >= 4 is 29.9 Å². The Morgan fingerprint density at radius 3 is 2.73 bits per heavy atom. The Balaban J connectivity index is 0.00000320. The van der Waals surface area contributed by atoms with E-state index in [4.69, 9.17) is 23.9 Å². The van der Waals surface area contributed by atoms with Crippen LogP contribution in [0.2, 0.25) is 0 Å². The molecule has 2 fully saturated rings. The van der Waals surface area contributed by atoms with Gasteiger partial charge in [-0.1, -0.05) is 0 Å². The summed E-state index contributed by atoms with van der Waals surface area (Å²) < 4.78 is 22.4. The van der Waals surface area contributed by atoms with E-state index in [1.54, 1.807) is 32.4 Å². The molecule has 3 unspecified atom stereocenters. The zero-order valence-corrected chi connectivity index (χ0v) is 20.3. The molecular weight excluding hydrogens is 501 g/mol. The van der Waals surface area contributed by atoms with E-state index in [0.717, 1.165) is 45.0 Å². The van der Waals surface area contributed by atoms with Gasteiger partial charge in [0.15, 0.2) is 5.96 Å². The number of aliphatic hydroxyl groups is 1. The highest BCUT2D eigenvalue weighted by molar-refractivity contribution is 14.0. The van der Waals surface area contributed by atoms with Gasteiger partial charge in [0.25, 0.3) is 0 Å². The van der Waals surface area contributed by atoms with Crippen molar-refractivity contribution in [2.24, 2.45) is 4.99 Å². The number of hydrogen-bond donors (Lipinski definition) is 2. The molecule has 2 aliphatic heterocycles. The van der Waals surface area contributed by atoms with E-state index in [2.05, 4.69) is 10.2 Å². The molecule has 1 aromatic rings. The number of nitrogens with zero attached hydrogens (tertiary/aromatic N) is 2. The maximum Gasteiger partial charge on any atom is 0.194 e. The van der Waals surface area contributed by atoms with E-state index >= 15 is 0 Å². The molecule has 0 aromatic heterocycles. The monoisotopic (exact) mass is 535 g/mol. The molecule has 0 bridgehead atoms. The molecule has 3 atom stereocenters. The summed E-state index contributed by atoms with van der Waals surface area (Å²) in [5.74, 6) is 2.06. The molecule has 0 aliphatic carbocycles. The van der Waals surface area contributed by atoms with E-state index in [0.29, 0.717) is 23.7 Å². The largest absolute Gasteiger partial charge is 0.497 e. The molecular formula is C21H34IN3O5. The lowest BCUT2D eigenvalue weighted by Gasteiger charge is -2.37. The third kappa shape index (κ3) is 6.35. The van der Waals surface area contributed by atoms with Crippen LogP contribution in [0.3, 0.4) is 0 Å². The first-order valence-electron chi connectivity index (χ1n) is 10.3. The van der Waals surface area contributed by atoms with Crippen molar-refractivity contribution in [1.82, 2.24) is 10.2 Å². The second-order valence-electron chi connectivity index (χ2n) is 7.23. The molecule has 2 heterocycles. The number of morpholine rings is 1. The Morgan fingerprint density at radius 1 is 1.27 bits per heavy atom. The number of methoxy groups -OCH3 is 2. The summed E-state index contributed by atoms with van der Waals surface area (Å²) in [6.45, 7) is 5.94. The first-order valence-corrected chi connectivity index (χ1v) is 10.3. The van der Waals surface area contributed by atoms with E-state index in [9.17, 15) is 5.11 Å². The zero-order chi connectivity index (χ0) is 20.6. The van der Waals surface area contributed by atoms with Crippen LogP contribution in [-0.4, -0.2) is 81.8 Å². The van der Waals surface area contributed by atoms with Gasteiger partial charge in [0.05, 0.1) is 33.5 Å². The van der Waals surface area contributed by atoms with Crippen LogP contribution in [0.4, 0.5) is 0 Å². The SMILES string of the molecule is CCNC(=NCC(O)c1cc(OC)ccc1OC)N1CCOC(C2CCCO2)C1.I. The van der Waals surface area contributed by atoms with Crippen molar-refractivity contribution in [2.45, 2.75) is 38.1 Å². The number of nitrogens with one attached hydrogen (secondary N) is 1. The molecule has 0 saturated carbocycles. The summed E-state index contributed by atoms with van der Waals surface area (Å²) in [4.78, 5) is 6.88. The number of hydrogen-bond acceptors (Lipinski definition) is 6. The first-order chi connectivity index (χ1) is 14.2. The Bertz CT molecular complexity index is 685. The second-order valence-corrected chi connectivity index (χ2v) is 7.23. The zero-order valence-electron chi connectivity index (χ0n) is 18.0. The molecule has 1 aromatic carbocycles. The Kier molecular flexibility index (Phi) is 10.4. The van der Waals surface area contributed by atoms with Crippen molar-refractivity contribution in [3.63, 3.8) is 0 Å². The number of benzene rings is 1. The summed E-state index contributed by atoms with van der Waals surface area (Å²) >= 11 is 0. The fourth-order valence-corrected chi connectivity index (χ4v) is 3.79. The van der Waals surface area contributed by atoms with Gasteiger partial charge in [0, 0.05) is 31.8 Å². The number of aliphatic imine (C=N–C) groups is 1. The van der Waals surface area contributed by atoms with Gasteiger partial charge in [0.1, 0.15) is 23.7 Å². The predicted molar refractivity (Wildman–Crippen MR) is 126 cm³/mol. The lowest BCUT2D eigenvalue weighted by molar-refractivity contribution is -0.0817. The summed E-state index contributed by atoms with van der Waals surface area (Å²) in [5, 5.41) is 14.1. The molecule has 2 aliphatic rings. The lowest BCUT2D eigenvalue weighted by Crippen LogP contribution is -2.53. The van der Waals surface area contributed by atoms with Gasteiger partial charge in [-0.3, -0.25) is 4.99 Å². The average molecular weight is 535 g/mol. The van der Waals surface area contributed by atoms with Gasteiger partial charge in [-0.2, -0.15) is 0 Å². The van der Waals surface area contributed by atoms with Crippen LogP contribution in [0.1, 0.15) is 31.4 Å². The third-order valence-corrected chi connectivity index (χ3v) is 5.32. The minimum atomic E-state index is -0.802. The van der Waals surface area contributed by atoms with Crippen molar-refractivity contribution in [1.29, 1.82) is 0 Å². The molecule has 3 rings (SSSR count). The molecule has 9 heteroatoms. The highest BCUT2D eigenvalue weighted by Gasteiger charge is 2.32. The van der Waals surface area contributed by atoms with Crippen LogP contribution in [0, 0.1) is 0 Å². The molecule has 170 valence electrons. The minimum Gasteiger partial charge on any atom is -0.497 e. The van der Waals surface area contributed by atoms with E-state index in [1.807, 2.05) is 6.92 Å². The first kappa shape index (κ1) is 25.0. The summed E-state index contributed by atoms with van der Waals surface area (Å²) in [5.41, 5.74) is 0.658. The topological polar surface area (TPSA) is 84.8 Å². The van der Waals surface area contributed by atoms with E-state index in [-0.39, 0.29) is 42.7 Å². The average Bonchev–Trinajstić information content (AvgIpc) is 3.31. The molecule has 2 N–H and O–H groups in total. The Labute approximate surface area is 195 Å². The van der Waals surface area contributed by atoms with Crippen LogP contribution >= 0.6 is 24.0 Å². The smallest absolute Gasteiger partial charge is 0.194 e. The summed E-state index contributed by atoms with van der Waals surface area (Å²) in [6.07, 6.45) is 1.54. The minimum absolute atomic E-state index is 0. The fourth-order valence-electron chi connectivity index (χ4n) is 3.79. The number of halogens is 1. The fraction of sp³-hybridized carbons (Fsp3) is 0.667. The van der Waals surface area contributed by atoms with E-state index < -0.39 is 6.10 Å². The van der Waals surface area contributed by atoms with Gasteiger partial charge >= 0.3 is 0 Å². The summed E-state index contributed by atoms with van der Waals surface area (Å²) in [6, 6.07) is 5.38. The van der Waals surface area contributed by atoms with Crippen LogP contribution in [0.5, 0.6) is 11.5 Å². The van der Waals surface area contributed by atoms with Gasteiger partial charge < -0.3 is 34.3 Å². The second kappa shape index (κ2) is 12.5. The van der Waals surface area contributed by atoms with Crippen LogP contribution in [0.15, 0.2) is 23.2 Å². The Hall–Kier alpha value is -1.30. The van der Waals surface area contributed by atoms with Crippen molar-refractivity contribution < 1.29 is 24.1 Å². The molecule has 0 amide bonds. The van der Waals surface area contributed by atoms with Gasteiger partial charge in [-0.25, -0.2) is 0 Å².